The minimum absolute atomic E-state index is 0.487. The van der Waals surface area contributed by atoms with E-state index >= 15 is 0 Å². The smallest absolute Gasteiger partial charge is 0.128 e. The predicted octanol–water partition coefficient (Wildman–Crippen LogP) is 3.84. The van der Waals surface area contributed by atoms with Crippen LogP contribution in [0.5, 0.6) is 5.75 Å². The van der Waals surface area contributed by atoms with Gasteiger partial charge in [0.15, 0.2) is 0 Å². The average molecular weight is 279 g/mol. The van der Waals surface area contributed by atoms with E-state index in [4.69, 9.17) is 27.3 Å². The quantitative estimate of drug-likeness (QED) is 0.908. The number of nitriles is 1. The van der Waals surface area contributed by atoms with Gasteiger partial charge in [0, 0.05) is 21.0 Å². The Morgan fingerprint density at radius 1 is 1.44 bits per heavy atom. The lowest BCUT2D eigenvalue weighted by molar-refractivity contribution is 0.416. The second kappa shape index (κ2) is 4.89. The molecule has 0 saturated carbocycles. The number of hydrogen-bond acceptors (Lipinski definition) is 4. The summed E-state index contributed by atoms with van der Waals surface area (Å²) in [5.74, 6) is 0.691. The molecule has 0 radical (unpaired) electrons. The highest BCUT2D eigenvalue weighted by atomic mass is 35.5. The third-order valence-electron chi connectivity index (χ3n) is 2.65. The second-order valence-corrected chi connectivity index (χ2v) is 5.39. The molecule has 3 nitrogen and oxygen atoms in total. The summed E-state index contributed by atoms with van der Waals surface area (Å²) in [5, 5.41) is 9.61. The molecule has 0 spiro atoms. The zero-order chi connectivity index (χ0) is 13.3. The summed E-state index contributed by atoms with van der Waals surface area (Å²) in [4.78, 5) is 1.49. The van der Waals surface area contributed by atoms with Gasteiger partial charge in [-0.15, -0.1) is 11.3 Å². The number of nitrogens with zero attached hydrogens (tertiary/aromatic N) is 1. The van der Waals surface area contributed by atoms with Crippen molar-refractivity contribution in [3.63, 3.8) is 0 Å². The fourth-order valence-corrected chi connectivity index (χ4v) is 2.91. The lowest BCUT2D eigenvalue weighted by Crippen LogP contribution is -1.92. The summed E-state index contributed by atoms with van der Waals surface area (Å²) in [6.07, 6.45) is 0. The molecule has 2 N–H and O–H groups in total. The minimum atomic E-state index is 0.487. The number of benzene rings is 1. The van der Waals surface area contributed by atoms with Crippen molar-refractivity contribution in [2.45, 2.75) is 6.92 Å². The first-order valence-corrected chi connectivity index (χ1v) is 6.40. The van der Waals surface area contributed by atoms with Crippen molar-refractivity contribution in [1.29, 1.82) is 5.26 Å². The highest BCUT2D eigenvalue weighted by Crippen LogP contribution is 2.42. The third kappa shape index (κ3) is 2.03. The van der Waals surface area contributed by atoms with Gasteiger partial charge in [-0.1, -0.05) is 11.6 Å². The zero-order valence-corrected chi connectivity index (χ0v) is 11.5. The average Bonchev–Trinajstić information content (AvgIpc) is 2.64. The van der Waals surface area contributed by atoms with Crippen molar-refractivity contribution in [2.24, 2.45) is 0 Å². The highest BCUT2D eigenvalue weighted by Gasteiger charge is 2.18. The Labute approximate surface area is 114 Å². The molecule has 0 bridgehead atoms. The first-order valence-electron chi connectivity index (χ1n) is 5.21. The lowest BCUT2D eigenvalue weighted by Gasteiger charge is -2.09. The van der Waals surface area contributed by atoms with Crippen molar-refractivity contribution >= 4 is 28.6 Å². The Morgan fingerprint density at radius 3 is 2.72 bits per heavy atom. The van der Waals surface area contributed by atoms with Crippen molar-refractivity contribution in [1.82, 2.24) is 0 Å². The number of nitrogens with two attached hydrogens (primary N) is 1. The first kappa shape index (κ1) is 12.7. The number of thiophene rings is 1. The summed E-state index contributed by atoms with van der Waals surface area (Å²) in [7, 11) is 1.59. The maximum atomic E-state index is 9.01. The maximum Gasteiger partial charge on any atom is 0.128 e. The van der Waals surface area contributed by atoms with Crippen LogP contribution in [0.15, 0.2) is 18.2 Å². The minimum Gasteiger partial charge on any atom is -0.496 e. The fourth-order valence-electron chi connectivity index (χ4n) is 1.86. The molecule has 0 atom stereocenters. The molecule has 0 aliphatic carbocycles. The van der Waals surface area contributed by atoms with Crippen LogP contribution in [0.3, 0.4) is 0 Å². The summed E-state index contributed by atoms with van der Waals surface area (Å²) in [6, 6.07) is 7.45. The molecule has 0 fully saturated rings. The molecule has 0 amide bonds. The van der Waals surface area contributed by atoms with E-state index in [-0.39, 0.29) is 0 Å². The molecule has 0 unspecified atom stereocenters. The van der Waals surface area contributed by atoms with Crippen LogP contribution in [0.2, 0.25) is 5.02 Å². The number of hydrogen-bond donors (Lipinski definition) is 1. The zero-order valence-electron chi connectivity index (χ0n) is 9.95. The number of ether oxygens (including phenoxy) is 1. The van der Waals surface area contributed by atoms with Crippen molar-refractivity contribution in [3.8, 4) is 22.9 Å². The lowest BCUT2D eigenvalue weighted by atomic mass is 10.0. The van der Waals surface area contributed by atoms with Crippen LogP contribution >= 0.6 is 22.9 Å². The molecule has 0 aliphatic heterocycles. The summed E-state index contributed by atoms with van der Waals surface area (Å²) < 4.78 is 5.32. The van der Waals surface area contributed by atoms with E-state index in [1.54, 1.807) is 25.3 Å². The monoisotopic (exact) mass is 278 g/mol. The molecule has 2 rings (SSSR count). The van der Waals surface area contributed by atoms with Crippen LogP contribution in [0, 0.1) is 18.3 Å². The first-order chi connectivity index (χ1) is 8.58. The predicted molar refractivity (Wildman–Crippen MR) is 75.2 cm³/mol. The van der Waals surface area contributed by atoms with E-state index in [0.29, 0.717) is 21.3 Å². The molecule has 5 heteroatoms. The van der Waals surface area contributed by atoms with Crippen molar-refractivity contribution in [3.05, 3.63) is 33.0 Å². The number of aryl methyl sites for hydroxylation is 1. The SMILES string of the molecule is COc1ccc(Cl)cc1-c1c(C)sc(C#N)c1N. The number of halogens is 1. The fraction of sp³-hybridized carbons (Fsp3) is 0.154. The van der Waals surface area contributed by atoms with E-state index in [1.165, 1.54) is 11.3 Å². The molecule has 0 saturated heterocycles. The van der Waals surface area contributed by atoms with Gasteiger partial charge in [0.1, 0.15) is 16.7 Å². The topological polar surface area (TPSA) is 59.0 Å². The normalized spacial score (nSPS) is 10.1. The summed E-state index contributed by atoms with van der Waals surface area (Å²) in [6.45, 7) is 1.93. The molecule has 92 valence electrons. The van der Waals surface area contributed by atoms with Gasteiger partial charge in [0.2, 0.25) is 0 Å². The van der Waals surface area contributed by atoms with Gasteiger partial charge in [-0.2, -0.15) is 5.26 Å². The highest BCUT2D eigenvalue weighted by molar-refractivity contribution is 7.13. The van der Waals surface area contributed by atoms with Gasteiger partial charge in [0.25, 0.3) is 0 Å². The van der Waals surface area contributed by atoms with Crippen molar-refractivity contribution < 1.29 is 4.74 Å². The Morgan fingerprint density at radius 2 is 2.17 bits per heavy atom. The number of anilines is 1. The van der Waals surface area contributed by atoms with E-state index in [1.807, 2.05) is 6.92 Å². The van der Waals surface area contributed by atoms with Gasteiger partial charge >= 0.3 is 0 Å². The van der Waals surface area contributed by atoms with Crippen molar-refractivity contribution in [2.75, 3.05) is 12.8 Å². The Kier molecular flexibility index (Phi) is 3.46. The van der Waals surface area contributed by atoms with E-state index in [9.17, 15) is 0 Å². The Bertz CT molecular complexity index is 643. The van der Waals surface area contributed by atoms with Gasteiger partial charge in [-0.05, 0) is 25.1 Å². The number of rotatable bonds is 2. The van der Waals surface area contributed by atoms with Gasteiger partial charge in [0.05, 0.1) is 12.8 Å². The molecular weight excluding hydrogens is 268 g/mol. The summed E-state index contributed by atoms with van der Waals surface area (Å²) in [5.41, 5.74) is 8.14. The van der Waals surface area contributed by atoms with Gasteiger partial charge < -0.3 is 10.5 Å². The standard InChI is InChI=1S/C13H11ClN2OS/c1-7-12(13(16)11(6-15)18-7)9-5-8(14)3-4-10(9)17-2/h3-5H,16H2,1-2H3. The molecule has 18 heavy (non-hydrogen) atoms. The third-order valence-corrected chi connectivity index (χ3v) is 3.91. The Hall–Kier alpha value is -1.70. The Balaban J connectivity index is 2.73. The van der Waals surface area contributed by atoms with E-state index in [0.717, 1.165) is 16.0 Å². The van der Waals surface area contributed by atoms with Gasteiger partial charge in [-0.3, -0.25) is 0 Å². The number of methoxy groups -OCH3 is 1. The summed E-state index contributed by atoms with van der Waals surface area (Å²) >= 11 is 7.39. The van der Waals surface area contributed by atoms with Crippen LogP contribution in [0.25, 0.3) is 11.1 Å². The van der Waals surface area contributed by atoms with Crippen LogP contribution in [0.4, 0.5) is 5.69 Å². The van der Waals surface area contributed by atoms with Crippen LogP contribution in [-0.4, -0.2) is 7.11 Å². The molecule has 1 aromatic carbocycles. The largest absolute Gasteiger partial charge is 0.496 e. The molecule has 1 aromatic heterocycles. The maximum absolute atomic E-state index is 9.01. The molecule has 0 aliphatic rings. The van der Waals surface area contributed by atoms with E-state index < -0.39 is 0 Å². The van der Waals surface area contributed by atoms with Crippen LogP contribution < -0.4 is 10.5 Å². The van der Waals surface area contributed by atoms with Crippen LogP contribution in [-0.2, 0) is 0 Å². The molecular formula is C13H11ClN2OS. The van der Waals surface area contributed by atoms with Crippen LogP contribution in [0.1, 0.15) is 9.75 Å². The van der Waals surface area contributed by atoms with Gasteiger partial charge in [-0.25, -0.2) is 0 Å². The second-order valence-electron chi connectivity index (χ2n) is 3.73. The molecule has 2 aromatic rings. The van der Waals surface area contributed by atoms with E-state index in [2.05, 4.69) is 6.07 Å². The molecule has 1 heterocycles. The number of nitrogen functional groups attached to an aromatic ring is 1.